The number of aliphatic imine (C=N–C) groups is 1. The monoisotopic (exact) mass is 536 g/mol. The highest BCUT2D eigenvalue weighted by Crippen LogP contribution is 2.33. The zero-order chi connectivity index (χ0) is 25.3. The third-order valence-electron chi connectivity index (χ3n) is 5.26. The van der Waals surface area contributed by atoms with Crippen LogP contribution in [0.15, 0.2) is 58.1 Å². The molecule has 0 fully saturated rings. The van der Waals surface area contributed by atoms with Crippen molar-refractivity contribution < 1.29 is 24.1 Å². The van der Waals surface area contributed by atoms with Crippen LogP contribution in [0.3, 0.4) is 0 Å². The first-order chi connectivity index (χ1) is 16.8. The number of hydrogen-bond acceptors (Lipinski definition) is 11. The van der Waals surface area contributed by atoms with Crippen molar-refractivity contribution in [1.29, 1.82) is 0 Å². The fourth-order valence-electron chi connectivity index (χ4n) is 3.47. The van der Waals surface area contributed by atoms with Gasteiger partial charge in [0.2, 0.25) is 0 Å². The molecule has 2 aromatic carbocycles. The number of esters is 1. The quantitative estimate of drug-likeness (QED) is 0.0983. The predicted octanol–water partition coefficient (Wildman–Crippen LogP) is 4.52. The molecule has 0 aromatic heterocycles. The molecule has 1 N–H and O–H groups in total. The number of aryl methyl sites for hydroxylation is 1. The predicted molar refractivity (Wildman–Crippen MR) is 142 cm³/mol. The molecule has 194 valence electrons. The molecule has 0 amide bonds. The molecule has 0 bridgehead atoms. The van der Waals surface area contributed by atoms with Gasteiger partial charge in [-0.15, -0.1) is 17.3 Å². The Morgan fingerprint density at radius 1 is 1.25 bits per heavy atom. The van der Waals surface area contributed by atoms with E-state index in [0.29, 0.717) is 31.0 Å². The molecular weight excluding hydrogens is 508 g/mol. The molecule has 12 heteroatoms. The van der Waals surface area contributed by atoms with Crippen molar-refractivity contribution in [2.24, 2.45) is 9.57 Å². The van der Waals surface area contributed by atoms with Gasteiger partial charge in [-0.2, -0.15) is 0 Å². The Morgan fingerprint density at radius 2 is 2.00 bits per heavy atom. The summed E-state index contributed by atoms with van der Waals surface area (Å²) in [6, 6.07) is 13.6. The lowest BCUT2D eigenvalue weighted by atomic mass is 10.1. The number of nitroso groups, excluding NO2 is 1. The number of carbonyl (C=O) groups is 2. The molecule has 10 nitrogen and oxygen atoms in total. The molecular formula is C24H29ClN4O6S. The number of hydrogen-bond donors (Lipinski definition) is 1. The van der Waals surface area contributed by atoms with E-state index in [4.69, 9.17) is 9.62 Å². The lowest BCUT2D eigenvalue weighted by Gasteiger charge is -2.33. The minimum Gasteiger partial charge on any atom is -0.464 e. The van der Waals surface area contributed by atoms with Crippen molar-refractivity contribution in [3.8, 4) is 5.75 Å². The Morgan fingerprint density at radius 3 is 2.64 bits per heavy atom. The van der Waals surface area contributed by atoms with E-state index in [1.54, 1.807) is 29.2 Å². The Hall–Kier alpha value is -3.31. The van der Waals surface area contributed by atoms with Crippen LogP contribution in [0, 0.1) is 11.8 Å². The molecule has 0 aliphatic carbocycles. The average Bonchev–Trinajstić information content (AvgIpc) is 3.36. The maximum absolute atomic E-state index is 13.5. The summed E-state index contributed by atoms with van der Waals surface area (Å²) in [7, 11) is 0. The fourth-order valence-corrected chi connectivity index (χ4v) is 3.85. The molecule has 0 spiro atoms. The third-order valence-corrected chi connectivity index (χ3v) is 6.04. The van der Waals surface area contributed by atoms with Crippen LogP contribution in [0.25, 0.3) is 0 Å². The highest BCUT2D eigenvalue weighted by molar-refractivity contribution is 7.99. The van der Waals surface area contributed by atoms with Crippen molar-refractivity contribution in [3.05, 3.63) is 59.0 Å². The third kappa shape index (κ3) is 7.85. The van der Waals surface area contributed by atoms with Crippen LogP contribution < -0.4 is 15.1 Å². The SMILES string of the molecule is Cc1ccc(N(c2cccc(OOC=O)c2)C(C(=O)OCCC(C)(C)SN=O)C2=NCCN2)cc1.Cl. The van der Waals surface area contributed by atoms with Crippen molar-refractivity contribution in [1.82, 2.24) is 5.32 Å². The van der Waals surface area contributed by atoms with Crippen LogP contribution in [-0.4, -0.2) is 48.8 Å². The van der Waals surface area contributed by atoms with E-state index in [-0.39, 0.29) is 31.2 Å². The largest absolute Gasteiger partial charge is 0.464 e. The van der Waals surface area contributed by atoms with Gasteiger partial charge < -0.3 is 15.0 Å². The van der Waals surface area contributed by atoms with Crippen molar-refractivity contribution in [3.63, 3.8) is 0 Å². The molecule has 1 atom stereocenters. The smallest absolute Gasteiger partial charge is 0.343 e. The van der Waals surface area contributed by atoms with Gasteiger partial charge in [0, 0.05) is 45.3 Å². The molecule has 0 saturated carbocycles. The van der Waals surface area contributed by atoms with Gasteiger partial charge in [-0.1, -0.05) is 23.8 Å². The number of carbonyl (C=O) groups excluding carboxylic acids is 2. The minimum absolute atomic E-state index is 0. The zero-order valence-electron chi connectivity index (χ0n) is 20.2. The lowest BCUT2D eigenvalue weighted by molar-refractivity contribution is -0.196. The number of rotatable bonds is 13. The molecule has 36 heavy (non-hydrogen) atoms. The van der Waals surface area contributed by atoms with Crippen LogP contribution in [0.1, 0.15) is 25.8 Å². The van der Waals surface area contributed by atoms with Gasteiger partial charge in [-0.25, -0.2) is 4.79 Å². The number of anilines is 2. The molecule has 3 rings (SSSR count). The Kier molecular flexibility index (Phi) is 11.0. The lowest BCUT2D eigenvalue weighted by Crippen LogP contribution is -2.49. The molecule has 1 heterocycles. The topological polar surface area (TPSA) is 119 Å². The van der Waals surface area contributed by atoms with Crippen LogP contribution in [0.4, 0.5) is 11.4 Å². The summed E-state index contributed by atoms with van der Waals surface area (Å²) in [6.07, 6.45) is 0.443. The van der Waals surface area contributed by atoms with Crippen molar-refractivity contribution in [2.45, 2.75) is 38.0 Å². The highest BCUT2D eigenvalue weighted by Gasteiger charge is 2.36. The summed E-state index contributed by atoms with van der Waals surface area (Å²) in [4.78, 5) is 50.5. The Labute approximate surface area is 220 Å². The van der Waals surface area contributed by atoms with Crippen LogP contribution >= 0.6 is 24.4 Å². The van der Waals surface area contributed by atoms with E-state index in [0.717, 1.165) is 23.2 Å². The molecule has 1 aliphatic rings. The number of benzene rings is 2. The maximum Gasteiger partial charge on any atom is 0.343 e. The van der Waals surface area contributed by atoms with E-state index in [1.165, 1.54) is 0 Å². The van der Waals surface area contributed by atoms with E-state index >= 15 is 0 Å². The van der Waals surface area contributed by atoms with Gasteiger partial charge >= 0.3 is 12.4 Å². The van der Waals surface area contributed by atoms with E-state index in [2.05, 4.69) is 19.8 Å². The standard InChI is InChI=1S/C24H28N4O6S.ClH/c1-17-7-9-18(10-8-17)28(19-5-4-6-20(15-19)34-33-16-29)21(22-25-12-13-26-22)23(30)32-14-11-24(2,3)35-27-31;/h4-10,15-16,21H,11-14H2,1-3H3,(H,25,26);1H. The van der Waals surface area contributed by atoms with Crippen LogP contribution in [-0.2, 0) is 19.2 Å². The van der Waals surface area contributed by atoms with Crippen molar-refractivity contribution >= 4 is 54.0 Å². The first-order valence-corrected chi connectivity index (χ1v) is 11.8. The first kappa shape index (κ1) is 28.9. The number of nitrogens with one attached hydrogen (secondary N) is 1. The maximum atomic E-state index is 13.5. The molecule has 2 aromatic rings. The Balaban J connectivity index is 0.00000456. The second kappa shape index (κ2) is 13.7. The summed E-state index contributed by atoms with van der Waals surface area (Å²) >= 11 is 0.909. The van der Waals surface area contributed by atoms with Gasteiger partial charge in [0.05, 0.1) is 13.2 Å². The van der Waals surface area contributed by atoms with E-state index in [1.807, 2.05) is 45.0 Å². The van der Waals surface area contributed by atoms with Crippen LogP contribution in [0.5, 0.6) is 5.75 Å². The summed E-state index contributed by atoms with van der Waals surface area (Å²) in [5.74, 6) is 0.253. The average molecular weight is 537 g/mol. The number of halogens is 1. The number of ether oxygens (including phenoxy) is 1. The first-order valence-electron chi connectivity index (χ1n) is 11.0. The molecule has 0 saturated heterocycles. The summed E-state index contributed by atoms with van der Waals surface area (Å²) in [5, 5.41) is 3.19. The minimum atomic E-state index is -0.914. The second-order valence-corrected chi connectivity index (χ2v) is 9.85. The van der Waals surface area contributed by atoms with Crippen LogP contribution in [0.2, 0.25) is 0 Å². The molecule has 1 unspecified atom stereocenters. The summed E-state index contributed by atoms with van der Waals surface area (Å²) < 4.78 is 8.10. The van der Waals surface area contributed by atoms with Gasteiger partial charge in [0.15, 0.2) is 11.8 Å². The van der Waals surface area contributed by atoms with Gasteiger partial charge in [0.1, 0.15) is 5.84 Å². The van der Waals surface area contributed by atoms with E-state index < -0.39 is 16.8 Å². The Bertz CT molecular complexity index is 1070. The molecule has 1 aliphatic heterocycles. The second-order valence-electron chi connectivity index (χ2n) is 8.42. The van der Waals surface area contributed by atoms with Gasteiger partial charge in [-0.05, 0) is 51.5 Å². The summed E-state index contributed by atoms with van der Waals surface area (Å²) in [5.41, 5.74) is 2.38. The zero-order valence-corrected chi connectivity index (χ0v) is 21.8. The fraction of sp³-hybridized carbons (Fsp3) is 0.375. The van der Waals surface area contributed by atoms with E-state index in [9.17, 15) is 14.5 Å². The highest BCUT2D eigenvalue weighted by atomic mass is 35.5. The van der Waals surface area contributed by atoms with Gasteiger partial charge in [0.25, 0.3) is 0 Å². The number of nitrogens with zero attached hydrogens (tertiary/aromatic N) is 3. The van der Waals surface area contributed by atoms with Crippen molar-refractivity contribution in [2.75, 3.05) is 24.6 Å². The normalized spacial score (nSPS) is 13.4. The molecule has 0 radical (unpaired) electrons. The number of amidine groups is 1. The van der Waals surface area contributed by atoms with Gasteiger partial charge in [-0.3, -0.25) is 19.6 Å². The summed E-state index contributed by atoms with van der Waals surface area (Å²) in [6.45, 7) is 7.12.